The second-order valence-corrected chi connectivity index (χ2v) is 7.20. The number of nitrogens with zero attached hydrogens (tertiary/aromatic N) is 1. The van der Waals surface area contributed by atoms with Crippen LogP contribution in [-0.4, -0.2) is 40.2 Å². The standard InChI is InChI=1S/C14H18F3NO3S/c1-18(10-11-6-4-5-9-21-11)12-7-2-3-8-13(12)22(19,20)14(15,16)17/h2-3,7-8,11H,4-6,9-10H2,1H3. The summed E-state index contributed by atoms with van der Waals surface area (Å²) in [5, 5.41) is 0. The summed E-state index contributed by atoms with van der Waals surface area (Å²) in [5.41, 5.74) is -5.28. The van der Waals surface area contributed by atoms with Crippen LogP contribution in [0.4, 0.5) is 18.9 Å². The topological polar surface area (TPSA) is 46.6 Å². The molecule has 0 aliphatic carbocycles. The average Bonchev–Trinajstić information content (AvgIpc) is 2.47. The first-order valence-electron chi connectivity index (χ1n) is 6.96. The van der Waals surface area contributed by atoms with E-state index in [1.54, 1.807) is 7.05 Å². The summed E-state index contributed by atoms with van der Waals surface area (Å²) in [4.78, 5) is 0.787. The van der Waals surface area contributed by atoms with Crippen LogP contribution in [0.5, 0.6) is 0 Å². The molecule has 8 heteroatoms. The van der Waals surface area contributed by atoms with Crippen LogP contribution < -0.4 is 4.90 Å². The summed E-state index contributed by atoms with van der Waals surface area (Å²) in [7, 11) is -3.80. The lowest BCUT2D eigenvalue weighted by Crippen LogP contribution is -2.34. The summed E-state index contributed by atoms with van der Waals surface area (Å²) >= 11 is 0. The number of rotatable bonds is 4. The van der Waals surface area contributed by atoms with Crippen molar-refractivity contribution >= 4 is 15.5 Å². The van der Waals surface area contributed by atoms with Gasteiger partial charge >= 0.3 is 5.51 Å². The third-order valence-electron chi connectivity index (χ3n) is 3.62. The molecule has 1 aliphatic rings. The number of alkyl halides is 3. The molecule has 0 N–H and O–H groups in total. The molecule has 4 nitrogen and oxygen atoms in total. The number of para-hydroxylation sites is 1. The van der Waals surface area contributed by atoms with Crippen molar-refractivity contribution in [1.29, 1.82) is 0 Å². The predicted octanol–water partition coefficient (Wildman–Crippen LogP) is 2.99. The highest BCUT2D eigenvalue weighted by atomic mass is 32.2. The van der Waals surface area contributed by atoms with Gasteiger partial charge in [0.2, 0.25) is 0 Å². The minimum Gasteiger partial charge on any atom is -0.376 e. The van der Waals surface area contributed by atoms with E-state index in [-0.39, 0.29) is 11.8 Å². The first kappa shape index (κ1) is 17.1. The van der Waals surface area contributed by atoms with E-state index in [0.717, 1.165) is 25.3 Å². The van der Waals surface area contributed by atoms with Gasteiger partial charge < -0.3 is 9.64 Å². The van der Waals surface area contributed by atoms with Crippen molar-refractivity contribution in [2.45, 2.75) is 35.8 Å². The zero-order chi connectivity index (χ0) is 16.4. The molecule has 22 heavy (non-hydrogen) atoms. The molecule has 0 spiro atoms. The Balaban J connectivity index is 2.28. The Hall–Kier alpha value is -1.28. The molecular formula is C14H18F3NO3S. The molecule has 1 heterocycles. The SMILES string of the molecule is CN(CC1CCCCO1)c1ccccc1S(=O)(=O)C(F)(F)F. The monoisotopic (exact) mass is 337 g/mol. The van der Waals surface area contributed by atoms with Gasteiger partial charge in [-0.05, 0) is 31.4 Å². The fraction of sp³-hybridized carbons (Fsp3) is 0.571. The minimum atomic E-state index is -5.38. The first-order valence-corrected chi connectivity index (χ1v) is 8.45. The van der Waals surface area contributed by atoms with Gasteiger partial charge in [0, 0.05) is 20.2 Å². The molecule has 0 aromatic heterocycles. The van der Waals surface area contributed by atoms with E-state index in [4.69, 9.17) is 4.74 Å². The van der Waals surface area contributed by atoms with Crippen LogP contribution >= 0.6 is 0 Å². The first-order chi connectivity index (χ1) is 10.2. The zero-order valence-corrected chi connectivity index (χ0v) is 13.0. The number of benzene rings is 1. The number of anilines is 1. The Bertz CT molecular complexity index is 610. The summed E-state index contributed by atoms with van der Waals surface area (Å²) in [6.45, 7) is 0.978. The Labute approximate surface area is 127 Å². The van der Waals surface area contributed by atoms with Crippen molar-refractivity contribution in [3.8, 4) is 0 Å². The van der Waals surface area contributed by atoms with Gasteiger partial charge in [0.25, 0.3) is 9.84 Å². The number of halogens is 3. The van der Waals surface area contributed by atoms with Gasteiger partial charge in [0.05, 0.1) is 16.7 Å². The normalized spacial score (nSPS) is 19.9. The second-order valence-electron chi connectivity index (χ2n) is 5.29. The van der Waals surface area contributed by atoms with Gasteiger partial charge in [0.15, 0.2) is 0 Å². The number of sulfone groups is 1. The molecule has 1 unspecified atom stereocenters. The highest BCUT2D eigenvalue weighted by molar-refractivity contribution is 7.92. The van der Waals surface area contributed by atoms with E-state index >= 15 is 0 Å². The molecule has 124 valence electrons. The van der Waals surface area contributed by atoms with Crippen LogP contribution in [0.1, 0.15) is 19.3 Å². The van der Waals surface area contributed by atoms with Crippen LogP contribution in [0.15, 0.2) is 29.2 Å². The van der Waals surface area contributed by atoms with Gasteiger partial charge in [-0.3, -0.25) is 0 Å². The summed E-state index contributed by atoms with van der Waals surface area (Å²) < 4.78 is 67.3. The van der Waals surface area contributed by atoms with Crippen molar-refractivity contribution in [3.63, 3.8) is 0 Å². The van der Waals surface area contributed by atoms with E-state index < -0.39 is 20.2 Å². The van der Waals surface area contributed by atoms with Gasteiger partial charge in [-0.2, -0.15) is 13.2 Å². The Morgan fingerprint density at radius 2 is 1.95 bits per heavy atom. The Kier molecular flexibility index (Phi) is 5.01. The third-order valence-corrected chi connectivity index (χ3v) is 5.16. The number of hydrogen-bond donors (Lipinski definition) is 0. The smallest absolute Gasteiger partial charge is 0.376 e. The van der Waals surface area contributed by atoms with E-state index in [0.29, 0.717) is 13.2 Å². The van der Waals surface area contributed by atoms with Crippen LogP contribution in [0, 0.1) is 0 Å². The van der Waals surface area contributed by atoms with Crippen LogP contribution in [0.2, 0.25) is 0 Å². The van der Waals surface area contributed by atoms with Crippen molar-refractivity contribution in [3.05, 3.63) is 24.3 Å². The van der Waals surface area contributed by atoms with Crippen molar-refractivity contribution in [2.24, 2.45) is 0 Å². The van der Waals surface area contributed by atoms with Crippen molar-refractivity contribution < 1.29 is 26.3 Å². The van der Waals surface area contributed by atoms with Crippen LogP contribution in [0.3, 0.4) is 0 Å². The molecule has 1 aromatic rings. The second kappa shape index (κ2) is 6.45. The lowest BCUT2D eigenvalue weighted by molar-refractivity contribution is -0.0435. The summed E-state index contributed by atoms with van der Waals surface area (Å²) in [5.74, 6) is 0. The fourth-order valence-electron chi connectivity index (χ4n) is 2.48. The maximum atomic E-state index is 12.8. The fourth-order valence-corrected chi connectivity index (χ4v) is 3.49. The zero-order valence-electron chi connectivity index (χ0n) is 12.1. The molecule has 1 atom stereocenters. The van der Waals surface area contributed by atoms with E-state index in [1.165, 1.54) is 23.1 Å². The molecule has 1 fully saturated rings. The van der Waals surface area contributed by atoms with Crippen LogP contribution in [-0.2, 0) is 14.6 Å². The maximum absolute atomic E-state index is 12.8. The average molecular weight is 337 g/mol. The predicted molar refractivity (Wildman–Crippen MR) is 76.5 cm³/mol. The molecule has 1 saturated heterocycles. The molecular weight excluding hydrogens is 319 g/mol. The van der Waals surface area contributed by atoms with Gasteiger partial charge in [0.1, 0.15) is 0 Å². The Morgan fingerprint density at radius 1 is 1.27 bits per heavy atom. The molecule has 0 saturated carbocycles. The maximum Gasteiger partial charge on any atom is 0.501 e. The van der Waals surface area contributed by atoms with Crippen molar-refractivity contribution in [1.82, 2.24) is 0 Å². The molecule has 2 rings (SSSR count). The number of hydrogen-bond acceptors (Lipinski definition) is 4. The summed E-state index contributed by atoms with van der Waals surface area (Å²) in [6.07, 6.45) is 2.69. The van der Waals surface area contributed by atoms with E-state index in [1.807, 2.05) is 0 Å². The van der Waals surface area contributed by atoms with E-state index in [2.05, 4.69) is 0 Å². The molecule has 1 aromatic carbocycles. The largest absolute Gasteiger partial charge is 0.501 e. The van der Waals surface area contributed by atoms with Crippen molar-refractivity contribution in [2.75, 3.05) is 25.1 Å². The molecule has 0 radical (unpaired) electrons. The lowest BCUT2D eigenvalue weighted by Gasteiger charge is -2.29. The quantitative estimate of drug-likeness (QED) is 0.847. The van der Waals surface area contributed by atoms with Gasteiger partial charge in [-0.1, -0.05) is 12.1 Å². The van der Waals surface area contributed by atoms with Gasteiger partial charge in [-0.15, -0.1) is 0 Å². The highest BCUT2D eigenvalue weighted by Crippen LogP contribution is 2.35. The molecule has 0 amide bonds. The van der Waals surface area contributed by atoms with Gasteiger partial charge in [-0.25, -0.2) is 8.42 Å². The highest BCUT2D eigenvalue weighted by Gasteiger charge is 2.48. The minimum absolute atomic E-state index is 0.0361. The third kappa shape index (κ3) is 3.55. The Morgan fingerprint density at radius 3 is 2.55 bits per heavy atom. The lowest BCUT2D eigenvalue weighted by atomic mass is 10.1. The van der Waals surface area contributed by atoms with E-state index in [9.17, 15) is 21.6 Å². The number of ether oxygens (including phenoxy) is 1. The molecule has 1 aliphatic heterocycles. The number of likely N-dealkylation sites (N-methyl/N-ethyl adjacent to an activating group) is 1. The molecule has 0 bridgehead atoms. The summed E-state index contributed by atoms with van der Waals surface area (Å²) in [6, 6.07) is 5.16. The van der Waals surface area contributed by atoms with Crippen LogP contribution in [0.25, 0.3) is 0 Å².